The predicted octanol–water partition coefficient (Wildman–Crippen LogP) is 4.64. The quantitative estimate of drug-likeness (QED) is 0.297. The molecule has 0 saturated heterocycles. The predicted molar refractivity (Wildman–Crippen MR) is 162 cm³/mol. The van der Waals surface area contributed by atoms with Crippen LogP contribution in [0.25, 0.3) is 0 Å². The maximum Gasteiger partial charge on any atom is 0.244 e. The molecule has 0 aliphatic heterocycles. The fraction of sp³-hybridized carbons (Fsp3) is 0.333. The summed E-state index contributed by atoms with van der Waals surface area (Å²) in [6.07, 6.45) is 1.32. The number of carbonyl (C=O) groups excluding carboxylic acids is 2. The molecular formula is C30H36BrN3O5S. The normalized spacial score (nSPS) is 12.1. The second kappa shape index (κ2) is 14.3. The number of anilines is 1. The van der Waals surface area contributed by atoms with Gasteiger partial charge in [0.15, 0.2) is 0 Å². The van der Waals surface area contributed by atoms with Crippen molar-refractivity contribution in [1.82, 2.24) is 10.2 Å². The monoisotopic (exact) mass is 629 g/mol. The Balaban J connectivity index is 2.06. The first kappa shape index (κ1) is 31.2. The van der Waals surface area contributed by atoms with Gasteiger partial charge in [-0.05, 0) is 47.4 Å². The van der Waals surface area contributed by atoms with Gasteiger partial charge in [-0.3, -0.25) is 13.9 Å². The fourth-order valence-corrected chi connectivity index (χ4v) is 5.42. The summed E-state index contributed by atoms with van der Waals surface area (Å²) in [4.78, 5) is 29.2. The Morgan fingerprint density at radius 3 is 2.25 bits per heavy atom. The zero-order chi connectivity index (χ0) is 29.3. The highest BCUT2D eigenvalue weighted by Crippen LogP contribution is 2.24. The summed E-state index contributed by atoms with van der Waals surface area (Å²) in [6.45, 7) is 4.04. The van der Waals surface area contributed by atoms with Crippen molar-refractivity contribution >= 4 is 43.5 Å². The van der Waals surface area contributed by atoms with Crippen LogP contribution >= 0.6 is 15.9 Å². The van der Waals surface area contributed by atoms with Crippen molar-refractivity contribution in [2.45, 2.75) is 32.9 Å². The molecular weight excluding hydrogens is 594 g/mol. The highest BCUT2D eigenvalue weighted by atomic mass is 79.9. The second-order valence-electron chi connectivity index (χ2n) is 9.97. The van der Waals surface area contributed by atoms with Gasteiger partial charge in [-0.2, -0.15) is 0 Å². The van der Waals surface area contributed by atoms with E-state index < -0.39 is 28.5 Å². The van der Waals surface area contributed by atoms with E-state index >= 15 is 0 Å². The van der Waals surface area contributed by atoms with Crippen LogP contribution in [-0.4, -0.2) is 57.6 Å². The number of hydrogen-bond donors (Lipinski definition) is 1. The van der Waals surface area contributed by atoms with E-state index in [4.69, 9.17) is 4.74 Å². The molecule has 214 valence electrons. The van der Waals surface area contributed by atoms with Crippen LogP contribution in [-0.2, 0) is 32.6 Å². The second-order valence-corrected chi connectivity index (χ2v) is 12.8. The number of hydrogen-bond acceptors (Lipinski definition) is 5. The molecule has 40 heavy (non-hydrogen) atoms. The van der Waals surface area contributed by atoms with Gasteiger partial charge in [0.05, 0.1) is 19.1 Å². The Kier molecular flexibility index (Phi) is 11.2. The third-order valence-corrected chi connectivity index (χ3v) is 7.85. The summed E-state index contributed by atoms with van der Waals surface area (Å²) in [5, 5.41) is 2.97. The molecule has 0 aliphatic carbocycles. The molecule has 0 aromatic heterocycles. The van der Waals surface area contributed by atoms with Gasteiger partial charge in [0.25, 0.3) is 0 Å². The molecule has 3 aromatic rings. The van der Waals surface area contributed by atoms with Crippen molar-refractivity contribution in [3.05, 3.63) is 94.5 Å². The van der Waals surface area contributed by atoms with E-state index in [1.54, 1.807) is 43.5 Å². The van der Waals surface area contributed by atoms with Crippen LogP contribution in [0.3, 0.4) is 0 Å². The van der Waals surface area contributed by atoms with Crippen LogP contribution in [0.1, 0.15) is 25.0 Å². The van der Waals surface area contributed by atoms with Gasteiger partial charge >= 0.3 is 0 Å². The molecule has 0 saturated carbocycles. The molecule has 0 radical (unpaired) electrons. The first-order chi connectivity index (χ1) is 19.0. The van der Waals surface area contributed by atoms with Crippen LogP contribution < -0.4 is 14.4 Å². The average molecular weight is 631 g/mol. The lowest BCUT2D eigenvalue weighted by Crippen LogP contribution is -2.53. The Hall–Kier alpha value is -3.37. The van der Waals surface area contributed by atoms with E-state index in [9.17, 15) is 18.0 Å². The van der Waals surface area contributed by atoms with Crippen LogP contribution in [0.15, 0.2) is 83.3 Å². The minimum Gasteiger partial charge on any atom is -0.497 e. The first-order valence-electron chi connectivity index (χ1n) is 12.9. The number of benzene rings is 3. The molecule has 10 heteroatoms. The number of sulfonamides is 1. The fourth-order valence-electron chi connectivity index (χ4n) is 4.19. The van der Waals surface area contributed by atoms with Gasteiger partial charge in [0, 0.05) is 24.0 Å². The highest BCUT2D eigenvalue weighted by Gasteiger charge is 2.33. The number of halogens is 1. The van der Waals surface area contributed by atoms with Gasteiger partial charge in [-0.1, -0.05) is 78.3 Å². The third-order valence-electron chi connectivity index (χ3n) is 6.22. The van der Waals surface area contributed by atoms with E-state index in [1.807, 2.05) is 56.3 Å². The molecule has 0 bridgehead atoms. The topological polar surface area (TPSA) is 96.0 Å². The minimum absolute atomic E-state index is 0.0821. The Morgan fingerprint density at radius 2 is 1.62 bits per heavy atom. The van der Waals surface area contributed by atoms with Crippen LogP contribution in [0.2, 0.25) is 0 Å². The SMILES string of the molecule is COc1cccc(CN(C(=O)CN(c2cccc(Br)c2)S(C)(=O)=O)[C@H](Cc2ccccc2)C(=O)NCC(C)C)c1. The highest BCUT2D eigenvalue weighted by molar-refractivity contribution is 9.10. The molecule has 0 unspecified atom stereocenters. The number of rotatable bonds is 13. The Labute approximate surface area is 245 Å². The molecule has 2 amide bonds. The minimum atomic E-state index is -3.83. The van der Waals surface area contributed by atoms with Crippen LogP contribution in [0.5, 0.6) is 5.75 Å². The van der Waals surface area contributed by atoms with E-state index in [0.29, 0.717) is 22.5 Å². The maximum atomic E-state index is 14.1. The molecule has 8 nitrogen and oxygen atoms in total. The zero-order valence-electron chi connectivity index (χ0n) is 23.2. The lowest BCUT2D eigenvalue weighted by atomic mass is 10.0. The van der Waals surface area contributed by atoms with Crippen molar-refractivity contribution in [3.63, 3.8) is 0 Å². The number of nitrogens with zero attached hydrogens (tertiary/aromatic N) is 2. The average Bonchev–Trinajstić information content (AvgIpc) is 2.92. The lowest BCUT2D eigenvalue weighted by Gasteiger charge is -2.33. The smallest absolute Gasteiger partial charge is 0.244 e. The van der Waals surface area contributed by atoms with Gasteiger partial charge in [0.2, 0.25) is 21.8 Å². The summed E-state index contributed by atoms with van der Waals surface area (Å²) in [7, 11) is -2.27. The summed E-state index contributed by atoms with van der Waals surface area (Å²) >= 11 is 3.38. The largest absolute Gasteiger partial charge is 0.497 e. The van der Waals surface area contributed by atoms with Crippen molar-refractivity contribution < 1.29 is 22.7 Å². The van der Waals surface area contributed by atoms with Crippen molar-refractivity contribution in [1.29, 1.82) is 0 Å². The Bertz CT molecular complexity index is 1400. The van der Waals surface area contributed by atoms with Crippen molar-refractivity contribution in [2.24, 2.45) is 5.92 Å². The third kappa shape index (κ3) is 9.09. The number of carbonyl (C=O) groups is 2. The van der Waals surface area contributed by atoms with E-state index in [-0.39, 0.29) is 24.8 Å². The van der Waals surface area contributed by atoms with Crippen molar-refractivity contribution in [2.75, 3.05) is 30.8 Å². The van der Waals surface area contributed by atoms with Gasteiger partial charge < -0.3 is 15.0 Å². The number of methoxy groups -OCH3 is 1. The van der Waals surface area contributed by atoms with Crippen molar-refractivity contribution in [3.8, 4) is 5.75 Å². The molecule has 3 rings (SSSR count). The first-order valence-corrected chi connectivity index (χ1v) is 15.6. The van der Waals surface area contributed by atoms with Crippen LogP contribution in [0, 0.1) is 5.92 Å². The number of ether oxygens (including phenoxy) is 1. The molecule has 0 fully saturated rings. The summed E-state index contributed by atoms with van der Waals surface area (Å²) in [5.41, 5.74) is 1.97. The standard InChI is InChI=1S/C30H36BrN3O5S/c1-22(2)19-32-30(36)28(17-23-10-6-5-7-11-23)33(20-24-12-8-15-27(16-24)39-3)29(35)21-34(40(4,37)38)26-14-9-13-25(31)18-26/h5-16,18,22,28H,17,19-21H2,1-4H3,(H,32,36)/t28-/m1/s1. The molecule has 3 aromatic carbocycles. The van der Waals surface area contributed by atoms with Gasteiger partial charge in [-0.15, -0.1) is 0 Å². The van der Waals surface area contributed by atoms with E-state index in [1.165, 1.54) is 4.90 Å². The molecule has 0 spiro atoms. The van der Waals surface area contributed by atoms with E-state index in [2.05, 4.69) is 21.2 Å². The van der Waals surface area contributed by atoms with Gasteiger partial charge in [0.1, 0.15) is 18.3 Å². The molecule has 1 N–H and O–H groups in total. The number of nitrogens with one attached hydrogen (secondary N) is 1. The van der Waals surface area contributed by atoms with Gasteiger partial charge in [-0.25, -0.2) is 8.42 Å². The summed E-state index contributed by atoms with van der Waals surface area (Å²) < 4.78 is 32.8. The van der Waals surface area contributed by atoms with E-state index in [0.717, 1.165) is 21.7 Å². The molecule has 0 aliphatic rings. The maximum absolute atomic E-state index is 14.1. The Morgan fingerprint density at radius 1 is 0.950 bits per heavy atom. The van der Waals surface area contributed by atoms with Crippen LogP contribution in [0.4, 0.5) is 5.69 Å². The number of amides is 2. The summed E-state index contributed by atoms with van der Waals surface area (Å²) in [6, 6.07) is 22.6. The molecule has 0 heterocycles. The zero-order valence-corrected chi connectivity index (χ0v) is 25.6. The summed E-state index contributed by atoms with van der Waals surface area (Å²) in [5.74, 6) is 0.0118. The molecule has 1 atom stereocenters. The lowest BCUT2D eigenvalue weighted by molar-refractivity contribution is -0.140.